The summed E-state index contributed by atoms with van der Waals surface area (Å²) in [7, 11) is 4.05. The average Bonchev–Trinajstić information content (AvgIpc) is 3.30. The molecular weight excluding hydrogens is 370 g/mol. The third kappa shape index (κ3) is 4.70. The van der Waals surface area contributed by atoms with Crippen LogP contribution in [-0.4, -0.2) is 57.8 Å². The Kier molecular flexibility index (Phi) is 5.99. The number of carbonyl (C=O) groups excluding carboxylic acids is 1. The summed E-state index contributed by atoms with van der Waals surface area (Å²) in [6.45, 7) is 1.60. The lowest BCUT2D eigenvalue weighted by molar-refractivity contribution is 0.00854. The van der Waals surface area contributed by atoms with Crippen molar-refractivity contribution in [3.8, 4) is 0 Å². The molecule has 2 N–H and O–H groups in total. The Morgan fingerprint density at radius 1 is 1.03 bits per heavy atom. The molecule has 154 valence electrons. The summed E-state index contributed by atoms with van der Waals surface area (Å²) >= 11 is 0. The van der Waals surface area contributed by atoms with Crippen LogP contribution in [0.25, 0.3) is 0 Å². The molecule has 2 heterocycles. The molecule has 2 aliphatic rings. The summed E-state index contributed by atoms with van der Waals surface area (Å²) in [5.41, 5.74) is 3.07. The van der Waals surface area contributed by atoms with Crippen LogP contribution in [0.1, 0.15) is 5.56 Å². The first-order valence-electron chi connectivity index (χ1n) is 9.86. The monoisotopic (exact) mass is 397 g/mol. The summed E-state index contributed by atoms with van der Waals surface area (Å²) in [5, 5.41) is 6.24. The Hall–Kier alpha value is -2.61. The molecule has 7 nitrogen and oxygen atoms in total. The molecule has 2 fully saturated rings. The molecule has 0 radical (unpaired) electrons. The van der Waals surface area contributed by atoms with Gasteiger partial charge in [0.1, 0.15) is 12.2 Å². The minimum absolute atomic E-state index is 0.0688. The number of benzene rings is 2. The van der Waals surface area contributed by atoms with Crippen LogP contribution in [0.15, 0.2) is 54.6 Å². The summed E-state index contributed by atoms with van der Waals surface area (Å²) in [6.07, 6.45) is -1.27. The van der Waals surface area contributed by atoms with E-state index >= 15 is 0 Å². The first kappa shape index (κ1) is 19.7. The van der Waals surface area contributed by atoms with E-state index in [0.29, 0.717) is 18.9 Å². The van der Waals surface area contributed by atoms with Crippen molar-refractivity contribution in [2.24, 2.45) is 0 Å². The summed E-state index contributed by atoms with van der Waals surface area (Å²) in [6, 6.07) is 17.7. The molecule has 0 bridgehead atoms. The van der Waals surface area contributed by atoms with E-state index in [1.807, 2.05) is 44.4 Å². The zero-order valence-corrected chi connectivity index (χ0v) is 16.7. The van der Waals surface area contributed by atoms with Crippen LogP contribution >= 0.6 is 0 Å². The lowest BCUT2D eigenvalue weighted by Crippen LogP contribution is -2.41. The first-order chi connectivity index (χ1) is 14.1. The normalized spacial score (nSPS) is 25.4. The van der Waals surface area contributed by atoms with Gasteiger partial charge in [0.05, 0.1) is 19.3 Å². The van der Waals surface area contributed by atoms with Crippen molar-refractivity contribution < 1.29 is 19.0 Å². The molecule has 0 saturated carbocycles. The Bertz CT molecular complexity index is 813. The molecule has 2 aliphatic heterocycles. The lowest BCUT2D eigenvalue weighted by atomic mass is 10.1. The van der Waals surface area contributed by atoms with E-state index in [-0.39, 0.29) is 18.2 Å². The molecule has 0 unspecified atom stereocenters. The van der Waals surface area contributed by atoms with Gasteiger partial charge in [0.25, 0.3) is 0 Å². The van der Waals surface area contributed by atoms with Gasteiger partial charge in [-0.15, -0.1) is 0 Å². The number of fused-ring (bicyclic) bond motifs is 1. The van der Waals surface area contributed by atoms with Crippen molar-refractivity contribution in [1.29, 1.82) is 0 Å². The fourth-order valence-electron chi connectivity index (χ4n) is 3.71. The highest BCUT2D eigenvalue weighted by molar-refractivity contribution is 5.84. The van der Waals surface area contributed by atoms with Gasteiger partial charge in [-0.2, -0.15) is 0 Å². The maximum Gasteiger partial charge on any atom is 0.412 e. The van der Waals surface area contributed by atoms with Crippen molar-refractivity contribution in [3.05, 3.63) is 60.2 Å². The topological polar surface area (TPSA) is 72.1 Å². The molecule has 4 atom stereocenters. The van der Waals surface area contributed by atoms with Gasteiger partial charge >= 0.3 is 6.09 Å². The van der Waals surface area contributed by atoms with Gasteiger partial charge in [-0.3, -0.25) is 5.32 Å². The van der Waals surface area contributed by atoms with Crippen molar-refractivity contribution in [2.45, 2.75) is 30.9 Å². The molecule has 1 amide bonds. The Balaban J connectivity index is 1.27. The number of ether oxygens (including phenoxy) is 3. The van der Waals surface area contributed by atoms with E-state index in [9.17, 15) is 4.79 Å². The third-order valence-electron chi connectivity index (χ3n) is 5.31. The highest BCUT2D eigenvalue weighted by Gasteiger charge is 2.49. The van der Waals surface area contributed by atoms with Gasteiger partial charge in [-0.25, -0.2) is 4.79 Å². The molecule has 0 aliphatic carbocycles. The predicted octanol–water partition coefficient (Wildman–Crippen LogP) is 2.63. The largest absolute Gasteiger partial charge is 0.441 e. The smallest absolute Gasteiger partial charge is 0.412 e. The molecule has 2 aromatic rings. The van der Waals surface area contributed by atoms with E-state index in [1.165, 1.54) is 11.3 Å². The number of rotatable bonds is 6. The van der Waals surface area contributed by atoms with E-state index in [2.05, 4.69) is 39.8 Å². The highest BCUT2D eigenvalue weighted by atomic mass is 16.6. The van der Waals surface area contributed by atoms with Crippen LogP contribution < -0.4 is 15.5 Å². The number of nitrogens with zero attached hydrogens (tertiary/aromatic N) is 1. The molecule has 2 aromatic carbocycles. The zero-order valence-electron chi connectivity index (χ0n) is 16.7. The number of carbonyl (C=O) groups is 1. The van der Waals surface area contributed by atoms with Gasteiger partial charge in [0.2, 0.25) is 0 Å². The Morgan fingerprint density at radius 3 is 2.48 bits per heavy atom. The van der Waals surface area contributed by atoms with E-state index in [4.69, 9.17) is 14.2 Å². The minimum Gasteiger partial charge on any atom is -0.441 e. The van der Waals surface area contributed by atoms with Gasteiger partial charge in [0.15, 0.2) is 6.10 Å². The van der Waals surface area contributed by atoms with E-state index < -0.39 is 12.2 Å². The summed E-state index contributed by atoms with van der Waals surface area (Å²) < 4.78 is 17.3. The fourth-order valence-corrected chi connectivity index (χ4v) is 3.71. The van der Waals surface area contributed by atoms with Crippen molar-refractivity contribution in [2.75, 3.05) is 37.5 Å². The molecule has 2 saturated heterocycles. The van der Waals surface area contributed by atoms with Gasteiger partial charge < -0.3 is 24.4 Å². The van der Waals surface area contributed by atoms with Gasteiger partial charge in [-0.05, 0) is 29.8 Å². The second-order valence-electron chi connectivity index (χ2n) is 7.58. The maximum absolute atomic E-state index is 12.2. The van der Waals surface area contributed by atoms with Crippen LogP contribution in [-0.2, 0) is 20.8 Å². The molecule has 4 rings (SSSR count). The van der Waals surface area contributed by atoms with Crippen molar-refractivity contribution in [1.82, 2.24) is 5.32 Å². The average molecular weight is 397 g/mol. The molecule has 0 spiro atoms. The standard InChI is InChI=1S/C22H27N3O4/c1-25(2)17-10-8-15(9-11-17)12-23-18-13-27-21-19(14-28-20(18)21)29-22(26)24-16-6-4-3-5-7-16/h3-11,18-21,23H,12-14H2,1-2H3,(H,24,26)/t18-,19-,20-,21+/m1/s1. The Labute approximate surface area is 170 Å². The maximum atomic E-state index is 12.2. The minimum atomic E-state index is -0.494. The zero-order chi connectivity index (χ0) is 20.2. The van der Waals surface area contributed by atoms with E-state index in [0.717, 1.165) is 6.54 Å². The van der Waals surface area contributed by atoms with Crippen molar-refractivity contribution in [3.63, 3.8) is 0 Å². The van der Waals surface area contributed by atoms with Crippen LogP contribution in [0.4, 0.5) is 16.2 Å². The number of nitrogens with one attached hydrogen (secondary N) is 2. The summed E-state index contributed by atoms with van der Waals surface area (Å²) in [4.78, 5) is 14.2. The second-order valence-corrected chi connectivity index (χ2v) is 7.58. The number of amides is 1. The van der Waals surface area contributed by atoms with Gasteiger partial charge in [-0.1, -0.05) is 30.3 Å². The highest BCUT2D eigenvalue weighted by Crippen LogP contribution is 2.29. The number of hydrogen-bond acceptors (Lipinski definition) is 6. The second kappa shape index (κ2) is 8.82. The Morgan fingerprint density at radius 2 is 1.76 bits per heavy atom. The quantitative estimate of drug-likeness (QED) is 0.781. The van der Waals surface area contributed by atoms with Crippen LogP contribution in [0, 0.1) is 0 Å². The molecule has 7 heteroatoms. The number of para-hydroxylation sites is 1. The third-order valence-corrected chi connectivity index (χ3v) is 5.31. The SMILES string of the molecule is CN(C)c1ccc(CN[C@@H]2CO[C@@H]3[C@@H]2OC[C@H]3OC(=O)Nc2ccccc2)cc1. The number of anilines is 2. The van der Waals surface area contributed by atoms with Crippen LogP contribution in [0.5, 0.6) is 0 Å². The predicted molar refractivity (Wildman–Crippen MR) is 111 cm³/mol. The molecule has 29 heavy (non-hydrogen) atoms. The lowest BCUT2D eigenvalue weighted by Gasteiger charge is -2.18. The summed E-state index contributed by atoms with van der Waals surface area (Å²) in [5.74, 6) is 0. The van der Waals surface area contributed by atoms with Crippen LogP contribution in [0.2, 0.25) is 0 Å². The fraction of sp³-hybridized carbons (Fsp3) is 0.409. The van der Waals surface area contributed by atoms with Crippen LogP contribution in [0.3, 0.4) is 0 Å². The van der Waals surface area contributed by atoms with Gasteiger partial charge in [0, 0.05) is 32.0 Å². The molecular formula is C22H27N3O4. The van der Waals surface area contributed by atoms with Crippen molar-refractivity contribution >= 4 is 17.5 Å². The number of hydrogen-bond donors (Lipinski definition) is 2. The molecule has 0 aromatic heterocycles. The first-order valence-corrected chi connectivity index (χ1v) is 9.86. The van der Waals surface area contributed by atoms with E-state index in [1.54, 1.807) is 0 Å².